The molecule has 3 aromatic rings. The third-order valence-corrected chi connectivity index (χ3v) is 5.59. The number of benzene rings is 1. The minimum atomic E-state index is -2.41. The number of aromatic nitrogens is 2. The summed E-state index contributed by atoms with van der Waals surface area (Å²) in [5.74, 6) is -1.68. The quantitative estimate of drug-likeness (QED) is 0.574. The standard InChI is InChI=1S/C24H27N2/c1-15(2)17-9-11-26(6)22(13-17)19-14-21-20(12-16(19)3)18-8-7-10-25-23(18)24(21,4)5/h7-15H,1-6H3/q+1/i1D3,15D. The van der Waals surface area contributed by atoms with Crippen LogP contribution in [-0.4, -0.2) is 4.98 Å². The Balaban J connectivity index is 1.92. The van der Waals surface area contributed by atoms with Crippen LogP contribution in [0.4, 0.5) is 0 Å². The summed E-state index contributed by atoms with van der Waals surface area (Å²) >= 11 is 0. The summed E-state index contributed by atoms with van der Waals surface area (Å²) in [4.78, 5) is 4.66. The molecule has 0 bridgehead atoms. The van der Waals surface area contributed by atoms with Gasteiger partial charge in [-0.05, 0) is 47.2 Å². The topological polar surface area (TPSA) is 16.8 Å². The van der Waals surface area contributed by atoms with E-state index in [-0.39, 0.29) is 5.41 Å². The highest BCUT2D eigenvalue weighted by atomic mass is 14.9. The van der Waals surface area contributed by atoms with Crippen molar-refractivity contribution < 1.29 is 10.1 Å². The van der Waals surface area contributed by atoms with Crippen LogP contribution in [0.1, 0.15) is 61.4 Å². The largest absolute Gasteiger partial charge is 0.260 e. The molecule has 0 saturated carbocycles. The molecule has 0 radical (unpaired) electrons. The van der Waals surface area contributed by atoms with Gasteiger partial charge in [0.1, 0.15) is 7.05 Å². The number of rotatable bonds is 2. The lowest BCUT2D eigenvalue weighted by Gasteiger charge is -2.21. The minimum absolute atomic E-state index is 0.215. The van der Waals surface area contributed by atoms with E-state index in [1.807, 2.05) is 36.1 Å². The van der Waals surface area contributed by atoms with Crippen LogP contribution < -0.4 is 4.57 Å². The molecule has 0 spiro atoms. The molecule has 2 heterocycles. The summed E-state index contributed by atoms with van der Waals surface area (Å²) < 4.78 is 33.9. The van der Waals surface area contributed by atoms with Crippen LogP contribution in [0.5, 0.6) is 0 Å². The van der Waals surface area contributed by atoms with E-state index < -0.39 is 12.7 Å². The summed E-state index contributed by atoms with van der Waals surface area (Å²) in [5, 5.41) is 0. The van der Waals surface area contributed by atoms with Crippen LogP contribution in [0.3, 0.4) is 0 Å². The first-order valence-electron chi connectivity index (χ1n) is 11.0. The third-order valence-electron chi connectivity index (χ3n) is 5.59. The second-order valence-electron chi connectivity index (χ2n) is 7.77. The molecule has 2 heteroatoms. The molecule has 0 amide bonds. The Hall–Kier alpha value is -2.48. The maximum atomic E-state index is 8.50. The van der Waals surface area contributed by atoms with Crippen molar-refractivity contribution in [2.45, 2.75) is 45.9 Å². The van der Waals surface area contributed by atoms with Crippen LogP contribution >= 0.6 is 0 Å². The van der Waals surface area contributed by atoms with Gasteiger partial charge in [-0.2, -0.15) is 0 Å². The molecular formula is C24H27N2+. The number of pyridine rings is 2. The summed E-state index contributed by atoms with van der Waals surface area (Å²) in [5.41, 5.74) is 7.99. The number of nitrogens with zero attached hydrogens (tertiary/aromatic N) is 2. The second kappa shape index (κ2) is 5.77. The van der Waals surface area contributed by atoms with Crippen LogP contribution in [-0.2, 0) is 12.5 Å². The predicted molar refractivity (Wildman–Crippen MR) is 107 cm³/mol. The molecule has 4 rings (SSSR count). The minimum Gasteiger partial charge on any atom is -0.260 e. The van der Waals surface area contributed by atoms with Gasteiger partial charge in [-0.1, -0.05) is 39.8 Å². The molecule has 0 saturated heterocycles. The first kappa shape index (κ1) is 12.8. The zero-order chi connectivity index (χ0) is 22.1. The van der Waals surface area contributed by atoms with Crippen LogP contribution in [0.15, 0.2) is 48.8 Å². The van der Waals surface area contributed by atoms with E-state index in [1.165, 1.54) is 23.6 Å². The smallest absolute Gasteiger partial charge is 0.212 e. The van der Waals surface area contributed by atoms with Crippen LogP contribution in [0.25, 0.3) is 22.4 Å². The van der Waals surface area contributed by atoms with Crippen molar-refractivity contribution in [2.75, 3.05) is 0 Å². The summed E-state index contributed by atoms with van der Waals surface area (Å²) in [6.07, 6.45) is 3.69. The van der Waals surface area contributed by atoms with E-state index in [4.69, 9.17) is 5.48 Å². The predicted octanol–water partition coefficient (Wildman–Crippen LogP) is 5.31. The fourth-order valence-electron chi connectivity index (χ4n) is 4.04. The van der Waals surface area contributed by atoms with Crippen LogP contribution in [0.2, 0.25) is 0 Å². The van der Waals surface area contributed by atoms with Crippen molar-refractivity contribution in [3.63, 3.8) is 0 Å². The van der Waals surface area contributed by atoms with Gasteiger partial charge in [0.25, 0.3) is 0 Å². The Morgan fingerprint density at radius 2 is 1.96 bits per heavy atom. The molecule has 0 fully saturated rings. The van der Waals surface area contributed by atoms with Gasteiger partial charge in [-0.25, -0.2) is 4.57 Å². The van der Waals surface area contributed by atoms with Gasteiger partial charge in [0, 0.05) is 40.4 Å². The zero-order valence-electron chi connectivity index (χ0n) is 20.0. The molecule has 2 nitrogen and oxygen atoms in total. The molecule has 1 aromatic carbocycles. The van der Waals surface area contributed by atoms with Gasteiger partial charge in [0.2, 0.25) is 5.69 Å². The molecule has 1 aliphatic carbocycles. The van der Waals surface area contributed by atoms with Crippen molar-refractivity contribution in [3.8, 4) is 22.4 Å². The Labute approximate surface area is 162 Å². The maximum absolute atomic E-state index is 8.50. The van der Waals surface area contributed by atoms with Gasteiger partial charge in [-0.15, -0.1) is 0 Å². The van der Waals surface area contributed by atoms with E-state index in [0.29, 0.717) is 5.56 Å². The van der Waals surface area contributed by atoms with E-state index in [1.54, 1.807) is 6.07 Å². The summed E-state index contributed by atoms with van der Waals surface area (Å²) in [6.45, 7) is 5.51. The van der Waals surface area contributed by atoms with E-state index in [9.17, 15) is 0 Å². The van der Waals surface area contributed by atoms with Crippen molar-refractivity contribution in [3.05, 3.63) is 71.2 Å². The molecular weight excluding hydrogens is 316 g/mol. The van der Waals surface area contributed by atoms with Crippen LogP contribution in [0, 0.1) is 6.92 Å². The maximum Gasteiger partial charge on any atom is 0.212 e. The fraction of sp³-hybridized carbons (Fsp3) is 0.333. The first-order chi connectivity index (χ1) is 13.9. The molecule has 0 aliphatic heterocycles. The number of hydrogen-bond donors (Lipinski definition) is 0. The van der Waals surface area contributed by atoms with E-state index in [0.717, 1.165) is 22.5 Å². The molecule has 1 unspecified atom stereocenters. The van der Waals surface area contributed by atoms with Crippen molar-refractivity contribution in [2.24, 2.45) is 7.05 Å². The number of aryl methyl sites for hydroxylation is 2. The average Bonchev–Trinajstić information content (AvgIpc) is 2.88. The summed E-state index contributed by atoms with van der Waals surface area (Å²) in [6, 6.07) is 12.1. The zero-order valence-corrected chi connectivity index (χ0v) is 16.0. The lowest BCUT2D eigenvalue weighted by atomic mass is 9.83. The highest BCUT2D eigenvalue weighted by Gasteiger charge is 2.37. The third kappa shape index (κ3) is 2.39. The fourth-order valence-corrected chi connectivity index (χ4v) is 4.04. The molecule has 0 N–H and O–H groups in total. The Morgan fingerprint density at radius 1 is 1.15 bits per heavy atom. The highest BCUT2D eigenvalue weighted by Crippen LogP contribution is 2.49. The monoisotopic (exact) mass is 347 g/mol. The average molecular weight is 348 g/mol. The van der Waals surface area contributed by atoms with E-state index >= 15 is 0 Å². The number of hydrogen-bond acceptors (Lipinski definition) is 1. The van der Waals surface area contributed by atoms with E-state index in [2.05, 4.69) is 44.0 Å². The Morgan fingerprint density at radius 3 is 2.73 bits per heavy atom. The molecule has 2 aromatic heterocycles. The summed E-state index contributed by atoms with van der Waals surface area (Å²) in [7, 11) is 1.95. The Kier molecular flexibility index (Phi) is 2.84. The van der Waals surface area contributed by atoms with Gasteiger partial charge in [0.15, 0.2) is 6.20 Å². The lowest BCUT2D eigenvalue weighted by Crippen LogP contribution is -2.31. The Bertz CT molecular complexity index is 1160. The van der Waals surface area contributed by atoms with Gasteiger partial charge < -0.3 is 0 Å². The van der Waals surface area contributed by atoms with Gasteiger partial charge in [-0.3, -0.25) is 4.98 Å². The first-order valence-corrected chi connectivity index (χ1v) is 8.97. The van der Waals surface area contributed by atoms with Crippen molar-refractivity contribution >= 4 is 0 Å². The van der Waals surface area contributed by atoms with Crippen molar-refractivity contribution in [1.29, 1.82) is 0 Å². The normalized spacial score (nSPS) is 19.4. The van der Waals surface area contributed by atoms with Gasteiger partial charge >= 0.3 is 0 Å². The molecule has 26 heavy (non-hydrogen) atoms. The lowest BCUT2D eigenvalue weighted by molar-refractivity contribution is -0.660. The highest BCUT2D eigenvalue weighted by molar-refractivity contribution is 5.83. The van der Waals surface area contributed by atoms with Crippen molar-refractivity contribution in [1.82, 2.24) is 4.98 Å². The number of fused-ring (bicyclic) bond motifs is 3. The molecule has 1 atom stereocenters. The second-order valence-corrected chi connectivity index (χ2v) is 7.77. The molecule has 132 valence electrons. The SMILES string of the molecule is [2H]C([2H])([2H])C([2H])(C)c1cc[n+](C)c(-c2cc3c(cc2C)-c2cccnc2C3(C)C)c1. The van der Waals surface area contributed by atoms with Gasteiger partial charge in [0.05, 0.1) is 5.69 Å². The molecule has 1 aliphatic rings.